The standard InChI is InChI=1S/C11H19F3N2O2/c12-11(13,14)7-15-6-10(18)16-5-8-3-1-2-4-9(8)17/h8-9,15,17H,1-7H2,(H,16,18). The van der Waals surface area contributed by atoms with Gasteiger partial charge in [0.2, 0.25) is 5.91 Å². The normalized spacial score (nSPS) is 24.9. The van der Waals surface area contributed by atoms with E-state index in [0.29, 0.717) is 6.54 Å². The van der Waals surface area contributed by atoms with Gasteiger partial charge in [0.1, 0.15) is 0 Å². The predicted octanol–water partition coefficient (Wildman–Crippen LogP) is 0.806. The summed E-state index contributed by atoms with van der Waals surface area (Å²) in [5.41, 5.74) is 0. The third kappa shape index (κ3) is 6.20. The zero-order valence-electron chi connectivity index (χ0n) is 10.1. The van der Waals surface area contributed by atoms with Crippen LogP contribution in [0, 0.1) is 5.92 Å². The highest BCUT2D eigenvalue weighted by atomic mass is 19.4. The van der Waals surface area contributed by atoms with Gasteiger partial charge in [0.25, 0.3) is 0 Å². The summed E-state index contributed by atoms with van der Waals surface area (Å²) in [5.74, 6) is -0.456. The van der Waals surface area contributed by atoms with Crippen LogP contribution in [0.4, 0.5) is 13.2 Å². The van der Waals surface area contributed by atoms with Crippen molar-refractivity contribution in [1.29, 1.82) is 0 Å². The summed E-state index contributed by atoms with van der Waals surface area (Å²) in [5, 5.41) is 14.2. The minimum Gasteiger partial charge on any atom is -0.393 e. The molecule has 1 rings (SSSR count). The van der Waals surface area contributed by atoms with Crippen molar-refractivity contribution in [3.05, 3.63) is 0 Å². The summed E-state index contributed by atoms with van der Waals surface area (Å²) in [7, 11) is 0. The van der Waals surface area contributed by atoms with E-state index in [1.54, 1.807) is 0 Å². The zero-order valence-corrected chi connectivity index (χ0v) is 10.1. The van der Waals surface area contributed by atoms with Gasteiger partial charge in [0.05, 0.1) is 19.2 Å². The van der Waals surface area contributed by atoms with Crippen molar-refractivity contribution in [1.82, 2.24) is 10.6 Å². The van der Waals surface area contributed by atoms with Crippen LogP contribution in [0.15, 0.2) is 0 Å². The molecule has 0 radical (unpaired) electrons. The Morgan fingerprint density at radius 2 is 1.94 bits per heavy atom. The number of nitrogens with one attached hydrogen (secondary N) is 2. The Hall–Kier alpha value is -0.820. The van der Waals surface area contributed by atoms with E-state index in [4.69, 9.17) is 0 Å². The molecule has 3 N–H and O–H groups in total. The average Bonchev–Trinajstić information content (AvgIpc) is 2.26. The SMILES string of the molecule is O=C(CNCC(F)(F)F)NCC1CCCCC1O. The van der Waals surface area contributed by atoms with Gasteiger partial charge in [-0.05, 0) is 12.8 Å². The third-order valence-corrected chi connectivity index (χ3v) is 3.04. The number of carbonyl (C=O) groups excluding carboxylic acids is 1. The van der Waals surface area contributed by atoms with Gasteiger partial charge in [0.15, 0.2) is 0 Å². The zero-order chi connectivity index (χ0) is 13.6. The quantitative estimate of drug-likeness (QED) is 0.691. The summed E-state index contributed by atoms with van der Waals surface area (Å²) in [4.78, 5) is 11.3. The molecule has 0 heterocycles. The lowest BCUT2D eigenvalue weighted by Crippen LogP contribution is -2.42. The second-order valence-electron chi connectivity index (χ2n) is 4.63. The Kier molecular flexibility index (Phi) is 5.87. The molecule has 0 aromatic carbocycles. The first-order valence-corrected chi connectivity index (χ1v) is 6.11. The number of amides is 1. The van der Waals surface area contributed by atoms with Crippen molar-refractivity contribution >= 4 is 5.91 Å². The van der Waals surface area contributed by atoms with Gasteiger partial charge in [-0.3, -0.25) is 4.79 Å². The van der Waals surface area contributed by atoms with Gasteiger partial charge in [-0.15, -0.1) is 0 Å². The Morgan fingerprint density at radius 1 is 1.28 bits per heavy atom. The maximum Gasteiger partial charge on any atom is 0.401 e. The molecule has 7 heteroatoms. The molecule has 1 fully saturated rings. The molecule has 0 aromatic heterocycles. The minimum atomic E-state index is -4.31. The lowest BCUT2D eigenvalue weighted by atomic mass is 9.86. The highest BCUT2D eigenvalue weighted by Crippen LogP contribution is 2.23. The summed E-state index contributed by atoms with van der Waals surface area (Å²) in [6.07, 6.45) is -1.14. The fraction of sp³-hybridized carbons (Fsp3) is 0.909. The van der Waals surface area contributed by atoms with Crippen molar-refractivity contribution in [3.63, 3.8) is 0 Å². The van der Waals surface area contributed by atoms with Crippen molar-refractivity contribution in [2.24, 2.45) is 5.92 Å². The Morgan fingerprint density at radius 3 is 2.56 bits per heavy atom. The van der Waals surface area contributed by atoms with Crippen LogP contribution < -0.4 is 10.6 Å². The molecule has 0 spiro atoms. The van der Waals surface area contributed by atoms with Crippen molar-refractivity contribution in [2.45, 2.75) is 38.0 Å². The van der Waals surface area contributed by atoms with E-state index in [0.717, 1.165) is 25.7 Å². The van der Waals surface area contributed by atoms with Gasteiger partial charge in [-0.25, -0.2) is 0 Å². The van der Waals surface area contributed by atoms with Crippen LogP contribution in [0.25, 0.3) is 0 Å². The van der Waals surface area contributed by atoms with Crippen molar-refractivity contribution in [2.75, 3.05) is 19.6 Å². The number of hydrogen-bond acceptors (Lipinski definition) is 3. The first-order valence-electron chi connectivity index (χ1n) is 6.11. The highest BCUT2D eigenvalue weighted by molar-refractivity contribution is 5.77. The number of aliphatic hydroxyl groups is 1. The first-order chi connectivity index (χ1) is 8.38. The van der Waals surface area contributed by atoms with Gasteiger partial charge in [-0.1, -0.05) is 12.8 Å². The molecule has 2 atom stereocenters. The molecular formula is C11H19F3N2O2. The smallest absolute Gasteiger partial charge is 0.393 e. The van der Waals surface area contributed by atoms with Crippen LogP contribution >= 0.6 is 0 Å². The molecule has 2 unspecified atom stereocenters. The van der Waals surface area contributed by atoms with Crippen LogP contribution in [0.1, 0.15) is 25.7 Å². The molecule has 4 nitrogen and oxygen atoms in total. The van der Waals surface area contributed by atoms with E-state index in [1.165, 1.54) is 0 Å². The van der Waals surface area contributed by atoms with E-state index in [9.17, 15) is 23.1 Å². The van der Waals surface area contributed by atoms with E-state index >= 15 is 0 Å². The highest BCUT2D eigenvalue weighted by Gasteiger charge is 2.27. The molecule has 1 saturated carbocycles. The fourth-order valence-corrected chi connectivity index (χ4v) is 2.05. The molecular weight excluding hydrogens is 249 g/mol. The number of halogens is 3. The molecule has 0 saturated heterocycles. The van der Waals surface area contributed by atoms with E-state index in [-0.39, 0.29) is 12.5 Å². The number of rotatable bonds is 5. The Bertz CT molecular complexity index is 272. The Labute approximate surface area is 104 Å². The summed E-state index contributed by atoms with van der Waals surface area (Å²) in [6, 6.07) is 0. The molecule has 0 bridgehead atoms. The monoisotopic (exact) mass is 268 g/mol. The number of alkyl halides is 3. The van der Waals surface area contributed by atoms with Crippen LogP contribution in [-0.2, 0) is 4.79 Å². The van der Waals surface area contributed by atoms with Crippen molar-refractivity contribution < 1.29 is 23.1 Å². The molecule has 1 amide bonds. The maximum absolute atomic E-state index is 11.8. The number of hydrogen-bond donors (Lipinski definition) is 3. The fourth-order valence-electron chi connectivity index (χ4n) is 2.05. The van der Waals surface area contributed by atoms with E-state index in [2.05, 4.69) is 5.32 Å². The second kappa shape index (κ2) is 6.94. The average molecular weight is 268 g/mol. The van der Waals surface area contributed by atoms with Gasteiger partial charge in [-0.2, -0.15) is 13.2 Å². The predicted molar refractivity (Wildman–Crippen MR) is 59.9 cm³/mol. The lowest BCUT2D eigenvalue weighted by molar-refractivity contribution is -0.128. The van der Waals surface area contributed by atoms with Crippen LogP contribution in [-0.4, -0.2) is 42.9 Å². The van der Waals surface area contributed by atoms with Crippen LogP contribution in [0.3, 0.4) is 0 Å². The minimum absolute atomic E-state index is 0.0188. The van der Waals surface area contributed by atoms with Gasteiger partial charge < -0.3 is 15.7 Å². The van der Waals surface area contributed by atoms with E-state index < -0.39 is 24.7 Å². The van der Waals surface area contributed by atoms with Gasteiger partial charge >= 0.3 is 6.18 Å². The number of aliphatic hydroxyl groups excluding tert-OH is 1. The molecule has 1 aliphatic rings. The summed E-state index contributed by atoms with van der Waals surface area (Å²) >= 11 is 0. The van der Waals surface area contributed by atoms with Crippen LogP contribution in [0.5, 0.6) is 0 Å². The van der Waals surface area contributed by atoms with Crippen LogP contribution in [0.2, 0.25) is 0 Å². The molecule has 1 aliphatic carbocycles. The first kappa shape index (κ1) is 15.2. The second-order valence-corrected chi connectivity index (χ2v) is 4.63. The summed E-state index contributed by atoms with van der Waals surface area (Å²) in [6.45, 7) is -1.21. The van der Waals surface area contributed by atoms with E-state index in [1.807, 2.05) is 5.32 Å². The summed E-state index contributed by atoms with van der Waals surface area (Å²) < 4.78 is 35.4. The lowest BCUT2D eigenvalue weighted by Gasteiger charge is -2.27. The molecule has 18 heavy (non-hydrogen) atoms. The van der Waals surface area contributed by atoms with Gasteiger partial charge in [0, 0.05) is 12.5 Å². The molecule has 106 valence electrons. The topological polar surface area (TPSA) is 61.4 Å². The third-order valence-electron chi connectivity index (χ3n) is 3.04. The Balaban J connectivity index is 2.13. The molecule has 0 aromatic rings. The maximum atomic E-state index is 11.8. The number of carbonyl (C=O) groups is 1. The van der Waals surface area contributed by atoms with Crippen molar-refractivity contribution in [3.8, 4) is 0 Å². The molecule has 0 aliphatic heterocycles. The largest absolute Gasteiger partial charge is 0.401 e.